The number of hydrogen-bond donors (Lipinski definition) is 1. The Kier molecular flexibility index (Phi) is 6.71. The van der Waals surface area contributed by atoms with Gasteiger partial charge >= 0.3 is 0 Å². The van der Waals surface area contributed by atoms with E-state index >= 15 is 0 Å². The van der Waals surface area contributed by atoms with Crippen LogP contribution in [0.15, 0.2) is 55.3 Å². The normalized spacial score (nSPS) is 10.0. The summed E-state index contributed by atoms with van der Waals surface area (Å²) >= 11 is 0. The van der Waals surface area contributed by atoms with Gasteiger partial charge in [0.25, 0.3) is 0 Å². The second kappa shape index (κ2) is 7.23. The summed E-state index contributed by atoms with van der Waals surface area (Å²) in [6, 6.07) is 7.32. The first-order chi connectivity index (χ1) is 6.76. The molecule has 0 atom stereocenters. The van der Waals surface area contributed by atoms with Crippen molar-refractivity contribution in [2.45, 2.75) is 0 Å². The average Bonchev–Trinajstić information content (AvgIpc) is 2.20. The van der Waals surface area contributed by atoms with Gasteiger partial charge in [-0.2, -0.15) is 0 Å². The van der Waals surface area contributed by atoms with Crippen LogP contribution in [0.1, 0.15) is 0 Å². The van der Waals surface area contributed by atoms with Crippen LogP contribution in [0.2, 0.25) is 0 Å². The first-order valence-corrected chi connectivity index (χ1v) is 4.10. The molecule has 2 nitrogen and oxygen atoms in total. The van der Waals surface area contributed by atoms with E-state index in [9.17, 15) is 0 Å². The molecule has 0 aliphatic heterocycles. The molecule has 0 bridgehead atoms. The van der Waals surface area contributed by atoms with Crippen molar-refractivity contribution in [3.63, 3.8) is 0 Å². The molecule has 0 heterocycles. The molecule has 0 fully saturated rings. The minimum absolute atomic E-state index is 0. The van der Waals surface area contributed by atoms with Crippen LogP contribution >= 0.6 is 0 Å². The number of aromatic hydroxyl groups is 1. The van der Waals surface area contributed by atoms with Gasteiger partial charge in [-0.1, -0.05) is 19.2 Å². The van der Waals surface area contributed by atoms with Gasteiger partial charge in [-0.3, -0.25) is 0 Å². The van der Waals surface area contributed by atoms with Crippen molar-refractivity contribution in [2.75, 3.05) is 0 Å². The first-order valence-electron chi connectivity index (χ1n) is 4.10. The predicted octanol–water partition coefficient (Wildman–Crippen LogP) is 2.82. The van der Waals surface area contributed by atoms with Crippen molar-refractivity contribution in [2.24, 2.45) is 0 Å². The van der Waals surface area contributed by atoms with Crippen molar-refractivity contribution in [1.82, 2.24) is 0 Å². The minimum Gasteiger partial charge on any atom is -0.534 e. The maximum Gasteiger partial charge on any atom is 0.110 e. The topological polar surface area (TPSA) is 29.5 Å². The van der Waals surface area contributed by atoms with E-state index in [-0.39, 0.29) is 31.6 Å². The molecule has 0 radical (unpaired) electrons. The van der Waals surface area contributed by atoms with E-state index in [0.717, 1.165) is 0 Å². The first kappa shape index (κ1) is 13.9. The fourth-order valence-corrected chi connectivity index (χ4v) is 0.862. The summed E-state index contributed by atoms with van der Waals surface area (Å²) in [6.07, 6.45) is 4.88. The van der Waals surface area contributed by atoms with Crippen molar-refractivity contribution in [3.05, 3.63) is 61.4 Å². The van der Waals surface area contributed by atoms with Crippen LogP contribution in [-0.2, 0) is 25.8 Å². The zero-order valence-electron chi connectivity index (χ0n) is 8.23. The zero-order chi connectivity index (χ0) is 10.4. The molecular formula is C12H11HfO2-. The van der Waals surface area contributed by atoms with Gasteiger partial charge in [-0.15, -0.1) is 24.3 Å². The summed E-state index contributed by atoms with van der Waals surface area (Å²) in [6.45, 7) is 7.14. The third-order valence-electron chi connectivity index (χ3n) is 1.49. The zero-order valence-corrected chi connectivity index (χ0v) is 11.8. The number of allylic oxidation sites excluding steroid dienone is 3. The smallest absolute Gasteiger partial charge is 0.110 e. The van der Waals surface area contributed by atoms with E-state index in [1.807, 2.05) is 0 Å². The standard InChI is InChI=1S/C12H11O2.Hf/c1-3-5-11(4-2)14-12-8-6-10(13)7-9-12;/h3-6,8-9,13H,1-2H2;/q-1;/b11-5+;. The Morgan fingerprint density at radius 3 is 2.60 bits per heavy atom. The van der Waals surface area contributed by atoms with E-state index in [2.05, 4.69) is 19.2 Å². The number of hydrogen-bond acceptors (Lipinski definition) is 2. The summed E-state index contributed by atoms with van der Waals surface area (Å²) < 4.78 is 5.39. The van der Waals surface area contributed by atoms with E-state index < -0.39 is 0 Å². The second-order valence-corrected chi connectivity index (χ2v) is 2.52. The van der Waals surface area contributed by atoms with Crippen molar-refractivity contribution in [1.29, 1.82) is 0 Å². The van der Waals surface area contributed by atoms with Gasteiger partial charge < -0.3 is 9.84 Å². The predicted molar refractivity (Wildman–Crippen MR) is 56.0 cm³/mol. The Labute approximate surface area is 108 Å². The van der Waals surface area contributed by atoms with Gasteiger partial charge in [-0.25, -0.2) is 0 Å². The summed E-state index contributed by atoms with van der Waals surface area (Å²) in [4.78, 5) is 0. The van der Waals surface area contributed by atoms with Gasteiger partial charge in [0.2, 0.25) is 0 Å². The Hall–Kier alpha value is -1.09. The van der Waals surface area contributed by atoms with Crippen LogP contribution in [0.5, 0.6) is 11.5 Å². The van der Waals surface area contributed by atoms with Crippen LogP contribution in [0.4, 0.5) is 0 Å². The van der Waals surface area contributed by atoms with E-state index in [1.54, 1.807) is 30.4 Å². The molecule has 76 valence electrons. The molecule has 0 aliphatic rings. The van der Waals surface area contributed by atoms with Crippen molar-refractivity contribution in [3.8, 4) is 11.5 Å². The fraction of sp³-hybridized carbons (Fsp3) is 0. The van der Waals surface area contributed by atoms with Crippen LogP contribution in [0.3, 0.4) is 0 Å². The minimum atomic E-state index is 0. The molecule has 0 unspecified atom stereocenters. The molecule has 15 heavy (non-hydrogen) atoms. The van der Waals surface area contributed by atoms with Crippen LogP contribution in [0.25, 0.3) is 0 Å². The summed E-state index contributed by atoms with van der Waals surface area (Å²) in [5.74, 6) is 1.28. The summed E-state index contributed by atoms with van der Waals surface area (Å²) in [5.41, 5.74) is 0. The van der Waals surface area contributed by atoms with E-state index in [0.29, 0.717) is 11.5 Å². The number of rotatable bonds is 4. The molecule has 1 aromatic rings. The molecule has 0 spiro atoms. The Morgan fingerprint density at radius 1 is 1.40 bits per heavy atom. The van der Waals surface area contributed by atoms with E-state index in [4.69, 9.17) is 9.84 Å². The maximum atomic E-state index is 8.99. The molecule has 3 heteroatoms. The van der Waals surface area contributed by atoms with Crippen LogP contribution in [-0.4, -0.2) is 5.11 Å². The second-order valence-electron chi connectivity index (χ2n) is 2.52. The molecule has 0 amide bonds. The Morgan fingerprint density at radius 2 is 2.13 bits per heavy atom. The number of phenolic OH excluding ortho intramolecular Hbond substituents is 1. The molecular weight excluding hydrogens is 355 g/mol. The maximum absolute atomic E-state index is 8.99. The van der Waals surface area contributed by atoms with Crippen molar-refractivity contribution >= 4 is 0 Å². The summed E-state index contributed by atoms with van der Waals surface area (Å²) in [5, 5.41) is 8.99. The largest absolute Gasteiger partial charge is 0.534 e. The number of phenols is 1. The molecule has 1 rings (SSSR count). The molecule has 1 N–H and O–H groups in total. The summed E-state index contributed by atoms with van der Waals surface area (Å²) in [7, 11) is 0. The SMILES string of the molecule is C=C/C=C(\C=C)Oc1c[c-]c(O)cc1.[Hf]. The molecule has 0 aliphatic carbocycles. The van der Waals surface area contributed by atoms with E-state index in [1.165, 1.54) is 6.07 Å². The third kappa shape index (κ3) is 4.79. The van der Waals surface area contributed by atoms with Gasteiger partial charge in [0.15, 0.2) is 0 Å². The molecule has 0 aromatic heterocycles. The van der Waals surface area contributed by atoms with Crippen molar-refractivity contribution < 1.29 is 35.7 Å². The fourth-order valence-electron chi connectivity index (χ4n) is 0.862. The third-order valence-corrected chi connectivity index (χ3v) is 1.49. The monoisotopic (exact) mass is 367 g/mol. The average molecular weight is 366 g/mol. The van der Waals surface area contributed by atoms with Gasteiger partial charge in [-0.05, 0) is 12.2 Å². The Balaban J connectivity index is 0.00000196. The quantitative estimate of drug-likeness (QED) is 0.385. The molecule has 0 saturated heterocycles. The Bertz CT molecular complexity index is 352. The molecule has 1 aromatic carbocycles. The van der Waals surface area contributed by atoms with Gasteiger partial charge in [0.1, 0.15) is 5.76 Å². The van der Waals surface area contributed by atoms with Crippen LogP contribution < -0.4 is 4.74 Å². The van der Waals surface area contributed by atoms with Gasteiger partial charge in [0, 0.05) is 37.3 Å². The number of ether oxygens (including phenoxy) is 1. The molecule has 0 saturated carbocycles. The number of benzene rings is 1. The van der Waals surface area contributed by atoms with Crippen LogP contribution in [0, 0.1) is 6.07 Å². The van der Waals surface area contributed by atoms with Gasteiger partial charge in [0.05, 0.1) is 0 Å².